The minimum atomic E-state index is -3.94. The van der Waals surface area contributed by atoms with Gasteiger partial charge in [-0.3, -0.25) is 0 Å². The standard InChI is InChI=1S/C24H23NO4S/c1-16-7-10-20(11-8-16)30(27,28)25-22-12-9-19(14-18-6-4-5-17(2)13-18)21(22)15-23(25)24(26)29-3/h4-8,10-11,13-15H,9,12H2,1-3H3. The number of nitrogens with zero attached hydrogens (tertiary/aromatic N) is 1. The molecule has 0 aliphatic heterocycles. The van der Waals surface area contributed by atoms with Crippen molar-refractivity contribution in [2.24, 2.45) is 0 Å². The van der Waals surface area contributed by atoms with Crippen molar-refractivity contribution < 1.29 is 17.9 Å². The van der Waals surface area contributed by atoms with Gasteiger partial charge >= 0.3 is 5.97 Å². The number of carbonyl (C=O) groups is 1. The molecule has 0 unspecified atom stereocenters. The van der Waals surface area contributed by atoms with Gasteiger partial charge in [-0.15, -0.1) is 0 Å². The maximum atomic E-state index is 13.5. The van der Waals surface area contributed by atoms with E-state index in [0.717, 1.165) is 31.8 Å². The van der Waals surface area contributed by atoms with Crippen molar-refractivity contribution in [1.82, 2.24) is 3.97 Å². The maximum Gasteiger partial charge on any atom is 0.355 e. The molecule has 0 atom stereocenters. The lowest BCUT2D eigenvalue weighted by Gasteiger charge is -2.12. The summed E-state index contributed by atoms with van der Waals surface area (Å²) in [4.78, 5) is 12.6. The molecule has 4 rings (SSSR count). The van der Waals surface area contributed by atoms with Crippen molar-refractivity contribution in [2.45, 2.75) is 31.6 Å². The number of carbonyl (C=O) groups excluding carboxylic acids is 1. The van der Waals surface area contributed by atoms with E-state index in [1.54, 1.807) is 30.3 Å². The molecule has 154 valence electrons. The van der Waals surface area contributed by atoms with Crippen molar-refractivity contribution in [3.05, 3.63) is 88.2 Å². The summed E-state index contributed by atoms with van der Waals surface area (Å²) in [7, 11) is -2.68. The van der Waals surface area contributed by atoms with Crippen molar-refractivity contribution >= 4 is 27.6 Å². The van der Waals surface area contributed by atoms with Crippen LogP contribution in [0.25, 0.3) is 11.6 Å². The number of rotatable bonds is 4. The van der Waals surface area contributed by atoms with E-state index in [2.05, 4.69) is 12.1 Å². The Kier molecular flexibility index (Phi) is 5.12. The highest BCUT2D eigenvalue weighted by molar-refractivity contribution is 7.90. The van der Waals surface area contributed by atoms with Crippen LogP contribution in [0.1, 0.15) is 44.9 Å². The van der Waals surface area contributed by atoms with Gasteiger partial charge in [0.2, 0.25) is 0 Å². The molecule has 0 radical (unpaired) electrons. The van der Waals surface area contributed by atoms with E-state index in [1.807, 2.05) is 32.0 Å². The average molecular weight is 422 g/mol. The summed E-state index contributed by atoms with van der Waals surface area (Å²) in [5, 5.41) is 0. The van der Waals surface area contributed by atoms with Gasteiger partial charge in [-0.25, -0.2) is 17.2 Å². The summed E-state index contributed by atoms with van der Waals surface area (Å²) >= 11 is 0. The molecule has 0 saturated carbocycles. The number of esters is 1. The second kappa shape index (κ2) is 7.61. The molecule has 0 spiro atoms. The van der Waals surface area contributed by atoms with Crippen LogP contribution in [0.5, 0.6) is 0 Å². The molecule has 1 aliphatic carbocycles. The smallest absolute Gasteiger partial charge is 0.355 e. The summed E-state index contributed by atoms with van der Waals surface area (Å²) in [5.74, 6) is -0.671. The van der Waals surface area contributed by atoms with Crippen LogP contribution in [0.2, 0.25) is 0 Å². The molecule has 0 N–H and O–H groups in total. The van der Waals surface area contributed by atoms with Gasteiger partial charge in [-0.05, 0) is 56.0 Å². The Morgan fingerprint density at radius 1 is 1.00 bits per heavy atom. The van der Waals surface area contributed by atoms with Gasteiger partial charge in [-0.2, -0.15) is 0 Å². The third-order valence-electron chi connectivity index (χ3n) is 5.37. The van der Waals surface area contributed by atoms with E-state index in [-0.39, 0.29) is 10.6 Å². The highest BCUT2D eigenvalue weighted by Crippen LogP contribution is 2.38. The fourth-order valence-electron chi connectivity index (χ4n) is 3.88. The number of aromatic nitrogens is 1. The second-order valence-electron chi connectivity index (χ2n) is 7.55. The summed E-state index contributed by atoms with van der Waals surface area (Å²) in [6.07, 6.45) is 3.31. The molecule has 1 aromatic heterocycles. The quantitative estimate of drug-likeness (QED) is 0.577. The number of benzene rings is 2. The van der Waals surface area contributed by atoms with E-state index in [9.17, 15) is 13.2 Å². The first-order valence-electron chi connectivity index (χ1n) is 9.74. The summed E-state index contributed by atoms with van der Waals surface area (Å²) in [6.45, 7) is 3.92. The zero-order valence-corrected chi connectivity index (χ0v) is 18.0. The van der Waals surface area contributed by atoms with Gasteiger partial charge in [0.15, 0.2) is 0 Å². The molecule has 3 aromatic rings. The minimum Gasteiger partial charge on any atom is -0.464 e. The van der Waals surface area contributed by atoms with Crippen molar-refractivity contribution in [3.63, 3.8) is 0 Å². The Balaban J connectivity index is 1.89. The lowest BCUT2D eigenvalue weighted by atomic mass is 10.0. The van der Waals surface area contributed by atoms with Gasteiger partial charge in [0.1, 0.15) is 5.69 Å². The summed E-state index contributed by atoms with van der Waals surface area (Å²) in [6, 6.07) is 16.4. The normalized spacial score (nSPS) is 14.7. The number of methoxy groups -OCH3 is 1. The molecule has 1 heterocycles. The van der Waals surface area contributed by atoms with E-state index in [4.69, 9.17) is 4.74 Å². The Morgan fingerprint density at radius 3 is 2.40 bits per heavy atom. The van der Waals surface area contributed by atoms with Crippen LogP contribution >= 0.6 is 0 Å². The second-order valence-corrected chi connectivity index (χ2v) is 9.33. The third kappa shape index (κ3) is 3.48. The van der Waals surface area contributed by atoms with E-state index >= 15 is 0 Å². The molecule has 30 heavy (non-hydrogen) atoms. The average Bonchev–Trinajstić information content (AvgIpc) is 3.28. The fourth-order valence-corrected chi connectivity index (χ4v) is 5.44. The van der Waals surface area contributed by atoms with Crippen LogP contribution in [-0.2, 0) is 21.2 Å². The van der Waals surface area contributed by atoms with Gasteiger partial charge in [0, 0.05) is 11.3 Å². The van der Waals surface area contributed by atoms with Crippen molar-refractivity contribution in [1.29, 1.82) is 0 Å². The molecule has 6 heteroatoms. The highest BCUT2D eigenvalue weighted by atomic mass is 32.2. The molecule has 5 nitrogen and oxygen atoms in total. The number of fused-ring (bicyclic) bond motifs is 1. The Labute approximate surface area is 176 Å². The summed E-state index contributed by atoms with van der Waals surface area (Å²) in [5.41, 5.74) is 5.60. The predicted octanol–water partition coefficient (Wildman–Crippen LogP) is 4.62. The van der Waals surface area contributed by atoms with Crippen LogP contribution in [-0.4, -0.2) is 25.5 Å². The first-order valence-corrected chi connectivity index (χ1v) is 11.2. The largest absolute Gasteiger partial charge is 0.464 e. The Hall–Kier alpha value is -3.12. The van der Waals surface area contributed by atoms with Crippen LogP contribution in [0.3, 0.4) is 0 Å². The molecular weight excluding hydrogens is 398 g/mol. The Bertz CT molecular complexity index is 1270. The lowest BCUT2D eigenvalue weighted by molar-refractivity contribution is 0.0592. The molecule has 1 aliphatic rings. The van der Waals surface area contributed by atoms with Crippen LogP contribution < -0.4 is 0 Å². The number of aryl methyl sites for hydroxylation is 2. The van der Waals surface area contributed by atoms with Gasteiger partial charge in [0.25, 0.3) is 10.0 Å². The lowest BCUT2D eigenvalue weighted by Crippen LogP contribution is -2.21. The van der Waals surface area contributed by atoms with Crippen LogP contribution in [0.15, 0.2) is 59.5 Å². The van der Waals surface area contributed by atoms with Crippen LogP contribution in [0, 0.1) is 13.8 Å². The first-order chi connectivity index (χ1) is 14.3. The Morgan fingerprint density at radius 2 is 1.73 bits per heavy atom. The van der Waals surface area contributed by atoms with Gasteiger partial charge < -0.3 is 4.74 Å². The predicted molar refractivity (Wildman–Crippen MR) is 117 cm³/mol. The zero-order valence-electron chi connectivity index (χ0n) is 17.2. The van der Waals surface area contributed by atoms with Crippen molar-refractivity contribution in [2.75, 3.05) is 7.11 Å². The molecule has 2 aromatic carbocycles. The zero-order chi connectivity index (χ0) is 21.5. The number of hydrogen-bond acceptors (Lipinski definition) is 4. The van der Waals surface area contributed by atoms with Crippen molar-refractivity contribution in [3.8, 4) is 0 Å². The fraction of sp³-hybridized carbons (Fsp3) is 0.208. The number of hydrogen-bond donors (Lipinski definition) is 0. The molecule has 0 bridgehead atoms. The number of ether oxygens (including phenoxy) is 1. The minimum absolute atomic E-state index is 0.0258. The highest BCUT2D eigenvalue weighted by Gasteiger charge is 2.33. The molecule has 0 fully saturated rings. The SMILES string of the molecule is COC(=O)c1cc2c(n1S(=O)(=O)c1ccc(C)cc1)CCC2=Cc1cccc(C)c1. The summed E-state index contributed by atoms with van der Waals surface area (Å²) < 4.78 is 33.0. The van der Waals surface area contributed by atoms with Gasteiger partial charge in [0.05, 0.1) is 12.0 Å². The maximum absolute atomic E-state index is 13.5. The molecule has 0 amide bonds. The van der Waals surface area contributed by atoms with E-state index in [1.165, 1.54) is 7.11 Å². The molecular formula is C24H23NO4S. The number of allylic oxidation sites excluding steroid dienone is 1. The monoisotopic (exact) mass is 421 g/mol. The van der Waals surface area contributed by atoms with E-state index in [0.29, 0.717) is 18.5 Å². The third-order valence-corrected chi connectivity index (χ3v) is 7.14. The topological polar surface area (TPSA) is 65.4 Å². The first kappa shape index (κ1) is 20.2. The van der Waals surface area contributed by atoms with Crippen LogP contribution in [0.4, 0.5) is 0 Å². The van der Waals surface area contributed by atoms with Gasteiger partial charge in [-0.1, -0.05) is 53.6 Å². The molecule has 0 saturated heterocycles. The van der Waals surface area contributed by atoms with E-state index < -0.39 is 16.0 Å².